The molecule has 0 N–H and O–H groups in total. The predicted octanol–water partition coefficient (Wildman–Crippen LogP) is 6.10. The molecule has 5 rings (SSSR count). The van der Waals surface area contributed by atoms with Gasteiger partial charge in [0.2, 0.25) is 0 Å². The number of nitriles is 1. The lowest BCUT2D eigenvalue weighted by Crippen LogP contribution is -2.17. The summed E-state index contributed by atoms with van der Waals surface area (Å²) in [5.74, 6) is -0.0564. The van der Waals surface area contributed by atoms with Gasteiger partial charge in [0, 0.05) is 17.1 Å². The van der Waals surface area contributed by atoms with Crippen LogP contribution < -0.4 is 4.74 Å². The minimum atomic E-state index is -4.02. The van der Waals surface area contributed by atoms with Gasteiger partial charge in [-0.1, -0.05) is 23.8 Å². The Kier molecular flexibility index (Phi) is 6.10. The van der Waals surface area contributed by atoms with E-state index in [0.29, 0.717) is 47.2 Å². The molecule has 0 bridgehead atoms. The maximum Gasteiger partial charge on any atom is 0.269 e. The molecule has 6 nitrogen and oxygen atoms in total. The zero-order valence-electron chi connectivity index (χ0n) is 19.9. The molecule has 1 unspecified atom stereocenters. The van der Waals surface area contributed by atoms with Crippen LogP contribution in [0.2, 0.25) is 0 Å². The van der Waals surface area contributed by atoms with E-state index in [1.54, 1.807) is 42.5 Å². The quantitative estimate of drug-likeness (QED) is 0.330. The van der Waals surface area contributed by atoms with Crippen LogP contribution in [0.25, 0.3) is 27.7 Å². The van der Waals surface area contributed by atoms with E-state index in [-0.39, 0.29) is 16.5 Å². The second-order valence-corrected chi connectivity index (χ2v) is 10.7. The lowest BCUT2D eigenvalue weighted by atomic mass is 9.89. The highest BCUT2D eigenvalue weighted by Gasteiger charge is 2.28. The zero-order valence-corrected chi connectivity index (χ0v) is 20.7. The van der Waals surface area contributed by atoms with Crippen LogP contribution in [0.15, 0.2) is 71.8 Å². The van der Waals surface area contributed by atoms with Gasteiger partial charge in [0.1, 0.15) is 11.6 Å². The van der Waals surface area contributed by atoms with Gasteiger partial charge in [-0.2, -0.15) is 5.26 Å². The fourth-order valence-electron chi connectivity index (χ4n) is 4.67. The number of fused-ring (bicyclic) bond motifs is 1. The van der Waals surface area contributed by atoms with Gasteiger partial charge in [0.25, 0.3) is 10.0 Å². The first-order chi connectivity index (χ1) is 17.3. The Balaban J connectivity index is 1.81. The molecule has 0 saturated carbocycles. The Morgan fingerprint density at radius 3 is 2.56 bits per heavy atom. The second kappa shape index (κ2) is 9.25. The number of aryl methyl sites for hydroxylation is 1. The van der Waals surface area contributed by atoms with E-state index in [0.717, 1.165) is 11.1 Å². The minimum Gasteiger partial charge on any atom is -0.496 e. The molecule has 182 valence electrons. The predicted molar refractivity (Wildman–Crippen MR) is 136 cm³/mol. The first-order valence-electron chi connectivity index (χ1n) is 11.6. The third kappa shape index (κ3) is 4.06. The molecule has 8 heteroatoms. The third-order valence-corrected chi connectivity index (χ3v) is 8.31. The van der Waals surface area contributed by atoms with Crippen LogP contribution in [-0.4, -0.2) is 24.5 Å². The first-order valence-corrected chi connectivity index (χ1v) is 13.0. The Morgan fingerprint density at radius 1 is 1.11 bits per heavy atom. The van der Waals surface area contributed by atoms with Gasteiger partial charge in [-0.15, -0.1) is 0 Å². The smallest absolute Gasteiger partial charge is 0.269 e. The van der Waals surface area contributed by atoms with E-state index in [4.69, 9.17) is 4.74 Å². The molecule has 1 atom stereocenters. The Labute approximate surface area is 209 Å². The number of hydrogen-bond donors (Lipinski definition) is 0. The molecule has 0 fully saturated rings. The van der Waals surface area contributed by atoms with Gasteiger partial charge in [0.15, 0.2) is 5.65 Å². The lowest BCUT2D eigenvalue weighted by molar-refractivity contribution is 0.415. The summed E-state index contributed by atoms with van der Waals surface area (Å²) >= 11 is 0. The standard InChI is InChI=1S/C28H24FN3O3S/c1-18-3-10-22(11-4-18)36(33,34)32-26(20-7-5-19(17-30)6-8-20)16-25-23(13-14-31-28(25)32)24-15-21(29)9-12-27(24)35-2/h3-4,7,9-16,19H,5-6,8H2,1-2H3. The molecule has 0 saturated heterocycles. The number of allylic oxidation sites excluding steroid dienone is 2. The van der Waals surface area contributed by atoms with Crippen LogP contribution >= 0.6 is 0 Å². The van der Waals surface area contributed by atoms with Crippen LogP contribution in [0.3, 0.4) is 0 Å². The first kappa shape index (κ1) is 23.8. The summed E-state index contributed by atoms with van der Waals surface area (Å²) in [4.78, 5) is 4.62. The summed E-state index contributed by atoms with van der Waals surface area (Å²) in [6, 6.07) is 16.7. The van der Waals surface area contributed by atoms with Crippen LogP contribution in [-0.2, 0) is 10.0 Å². The fraction of sp³-hybridized carbons (Fsp3) is 0.214. The van der Waals surface area contributed by atoms with E-state index >= 15 is 0 Å². The highest BCUT2D eigenvalue weighted by atomic mass is 32.2. The van der Waals surface area contributed by atoms with E-state index in [1.807, 2.05) is 13.0 Å². The molecule has 2 aromatic carbocycles. The number of benzene rings is 2. The maximum atomic E-state index is 14.3. The molecule has 0 spiro atoms. The minimum absolute atomic E-state index is 0.0921. The molecule has 1 aliphatic rings. The Morgan fingerprint density at radius 2 is 1.89 bits per heavy atom. The van der Waals surface area contributed by atoms with Crippen molar-refractivity contribution in [3.63, 3.8) is 0 Å². The van der Waals surface area contributed by atoms with Gasteiger partial charge in [-0.05, 0) is 79.8 Å². The molecule has 0 radical (unpaired) electrons. The highest BCUT2D eigenvalue weighted by molar-refractivity contribution is 7.90. The number of hydrogen-bond acceptors (Lipinski definition) is 5. The van der Waals surface area contributed by atoms with E-state index in [2.05, 4.69) is 11.1 Å². The van der Waals surface area contributed by atoms with Crippen LogP contribution in [0, 0.1) is 30.0 Å². The SMILES string of the molecule is COc1ccc(F)cc1-c1ccnc2c1cc(C1=CCC(C#N)CC1)n2S(=O)(=O)c1ccc(C)cc1. The van der Waals surface area contributed by atoms with Crippen molar-refractivity contribution >= 4 is 26.6 Å². The molecular weight excluding hydrogens is 477 g/mol. The summed E-state index contributed by atoms with van der Waals surface area (Å²) in [5, 5.41) is 9.88. The van der Waals surface area contributed by atoms with Crippen molar-refractivity contribution in [3.05, 3.63) is 83.9 Å². The third-order valence-electron chi connectivity index (χ3n) is 6.59. The largest absolute Gasteiger partial charge is 0.496 e. The normalized spacial score (nSPS) is 15.9. The Bertz CT molecular complexity index is 1650. The second-order valence-electron chi connectivity index (χ2n) is 8.88. The van der Waals surface area contributed by atoms with E-state index in [1.165, 1.54) is 29.4 Å². The molecule has 0 amide bonds. The summed E-state index contributed by atoms with van der Waals surface area (Å²) < 4.78 is 49.0. The molecule has 2 heterocycles. The van der Waals surface area contributed by atoms with Crippen molar-refractivity contribution in [2.24, 2.45) is 5.92 Å². The molecule has 0 aliphatic heterocycles. The van der Waals surface area contributed by atoms with Crippen LogP contribution in [0.1, 0.15) is 30.5 Å². The van der Waals surface area contributed by atoms with Crippen LogP contribution in [0.5, 0.6) is 5.75 Å². The fourth-order valence-corrected chi connectivity index (χ4v) is 6.16. The highest BCUT2D eigenvalue weighted by Crippen LogP contribution is 2.40. The topological polar surface area (TPSA) is 85.0 Å². The number of pyridine rings is 1. The lowest BCUT2D eigenvalue weighted by Gasteiger charge is -2.18. The van der Waals surface area contributed by atoms with Crippen molar-refractivity contribution in [1.82, 2.24) is 8.96 Å². The van der Waals surface area contributed by atoms with Crippen LogP contribution in [0.4, 0.5) is 4.39 Å². The van der Waals surface area contributed by atoms with Crippen molar-refractivity contribution in [1.29, 1.82) is 5.26 Å². The molecule has 36 heavy (non-hydrogen) atoms. The Hall–Kier alpha value is -3.96. The van der Waals surface area contributed by atoms with E-state index in [9.17, 15) is 18.1 Å². The average Bonchev–Trinajstić information content (AvgIpc) is 3.29. The van der Waals surface area contributed by atoms with Crippen molar-refractivity contribution in [3.8, 4) is 22.9 Å². The number of methoxy groups -OCH3 is 1. The summed E-state index contributed by atoms with van der Waals surface area (Å²) in [7, 11) is -2.51. The van der Waals surface area contributed by atoms with Crippen molar-refractivity contribution in [2.75, 3.05) is 7.11 Å². The molecular formula is C28H24FN3O3S. The van der Waals surface area contributed by atoms with Crippen molar-refractivity contribution < 1.29 is 17.5 Å². The van der Waals surface area contributed by atoms with E-state index < -0.39 is 15.8 Å². The van der Waals surface area contributed by atoms with Gasteiger partial charge in [-0.3, -0.25) is 0 Å². The number of ether oxygens (including phenoxy) is 1. The molecule has 2 aromatic heterocycles. The summed E-state index contributed by atoms with van der Waals surface area (Å²) in [5.41, 5.74) is 3.65. The van der Waals surface area contributed by atoms with Gasteiger partial charge >= 0.3 is 0 Å². The van der Waals surface area contributed by atoms with Gasteiger partial charge < -0.3 is 4.74 Å². The summed E-state index contributed by atoms with van der Waals surface area (Å²) in [6.07, 6.45) is 5.22. The summed E-state index contributed by atoms with van der Waals surface area (Å²) in [6.45, 7) is 1.89. The average molecular weight is 502 g/mol. The number of aromatic nitrogens is 2. The number of rotatable bonds is 5. The van der Waals surface area contributed by atoms with Gasteiger partial charge in [-0.25, -0.2) is 21.8 Å². The van der Waals surface area contributed by atoms with Gasteiger partial charge in [0.05, 0.1) is 29.7 Å². The molecule has 1 aliphatic carbocycles. The zero-order chi connectivity index (χ0) is 25.4. The molecule has 4 aromatic rings. The number of halogens is 1. The maximum absolute atomic E-state index is 14.3. The monoisotopic (exact) mass is 501 g/mol. The van der Waals surface area contributed by atoms with Crippen molar-refractivity contribution in [2.45, 2.75) is 31.1 Å². The number of nitrogens with zero attached hydrogens (tertiary/aromatic N) is 3.